The number of rotatable bonds is 4. The summed E-state index contributed by atoms with van der Waals surface area (Å²) in [5.41, 5.74) is 14.5. The van der Waals surface area contributed by atoms with Crippen molar-refractivity contribution >= 4 is 76.1 Å². The molecule has 50 heavy (non-hydrogen) atoms. The summed E-state index contributed by atoms with van der Waals surface area (Å²) in [5, 5.41) is 5.16. The van der Waals surface area contributed by atoms with Crippen LogP contribution >= 0.6 is 11.3 Å². The maximum atomic E-state index is 4.86. The normalized spacial score (nSPS) is 12.9. The SMILES string of the molecule is Cc1cc(C)c(N2CN(c3cccc(-n4c5ccccc5c5c6c(sc7ccccc76)c(-c6ccccn6)cc54)c3)c3ccccc32)c(C)c1. The summed E-state index contributed by atoms with van der Waals surface area (Å²) in [6.45, 7) is 7.39. The molecule has 1 aliphatic rings. The van der Waals surface area contributed by atoms with Crippen molar-refractivity contribution in [2.24, 2.45) is 0 Å². The van der Waals surface area contributed by atoms with Crippen molar-refractivity contribution in [2.75, 3.05) is 16.5 Å². The first-order chi connectivity index (χ1) is 24.5. The first-order valence-corrected chi connectivity index (χ1v) is 18.0. The molecule has 0 N–H and O–H groups in total. The van der Waals surface area contributed by atoms with E-state index in [1.54, 1.807) is 0 Å². The van der Waals surface area contributed by atoms with Crippen LogP contribution in [0.15, 0.2) is 140 Å². The number of thiophene rings is 1. The number of fused-ring (bicyclic) bond motifs is 8. The molecule has 3 aromatic heterocycles. The zero-order chi connectivity index (χ0) is 33.5. The van der Waals surface area contributed by atoms with Gasteiger partial charge in [0.2, 0.25) is 0 Å². The molecular formula is C45H34N4S. The van der Waals surface area contributed by atoms with E-state index < -0.39 is 0 Å². The summed E-state index contributed by atoms with van der Waals surface area (Å²) >= 11 is 1.86. The molecule has 4 heterocycles. The lowest BCUT2D eigenvalue weighted by atomic mass is 10.0. The molecule has 0 saturated heterocycles. The molecular weight excluding hydrogens is 629 g/mol. The van der Waals surface area contributed by atoms with Gasteiger partial charge in [-0.2, -0.15) is 0 Å². The van der Waals surface area contributed by atoms with Gasteiger partial charge < -0.3 is 14.4 Å². The Hall–Kier alpha value is -5.91. The van der Waals surface area contributed by atoms with Crippen molar-refractivity contribution in [3.63, 3.8) is 0 Å². The lowest BCUT2D eigenvalue weighted by molar-refractivity contribution is 0.977. The largest absolute Gasteiger partial charge is 0.321 e. The van der Waals surface area contributed by atoms with Crippen LogP contribution in [0, 0.1) is 20.8 Å². The quantitative estimate of drug-likeness (QED) is 0.187. The fourth-order valence-corrected chi connectivity index (χ4v) is 9.59. The van der Waals surface area contributed by atoms with Crippen LogP contribution in [-0.2, 0) is 0 Å². The third-order valence-electron chi connectivity index (χ3n) is 10.3. The van der Waals surface area contributed by atoms with Gasteiger partial charge in [-0.25, -0.2) is 0 Å². The predicted molar refractivity (Wildman–Crippen MR) is 213 cm³/mol. The number of nitrogens with zero attached hydrogens (tertiary/aromatic N) is 4. The van der Waals surface area contributed by atoms with Gasteiger partial charge in [0, 0.05) is 59.8 Å². The van der Waals surface area contributed by atoms with Gasteiger partial charge in [0.25, 0.3) is 0 Å². The van der Waals surface area contributed by atoms with Gasteiger partial charge in [0.15, 0.2) is 0 Å². The zero-order valence-electron chi connectivity index (χ0n) is 28.2. The monoisotopic (exact) mass is 662 g/mol. The number of para-hydroxylation sites is 3. The molecule has 9 aromatic rings. The number of benzene rings is 6. The first kappa shape index (κ1) is 29.0. The van der Waals surface area contributed by atoms with E-state index in [1.165, 1.54) is 81.3 Å². The maximum absolute atomic E-state index is 4.86. The highest BCUT2D eigenvalue weighted by molar-refractivity contribution is 7.26. The molecule has 1 aliphatic heterocycles. The second-order valence-electron chi connectivity index (χ2n) is 13.4. The van der Waals surface area contributed by atoms with Crippen LogP contribution in [0.2, 0.25) is 0 Å². The van der Waals surface area contributed by atoms with Crippen LogP contribution in [0.3, 0.4) is 0 Å². The highest BCUT2D eigenvalue weighted by Crippen LogP contribution is 2.49. The van der Waals surface area contributed by atoms with Gasteiger partial charge in [-0.15, -0.1) is 11.3 Å². The van der Waals surface area contributed by atoms with Gasteiger partial charge in [-0.3, -0.25) is 4.98 Å². The van der Waals surface area contributed by atoms with Crippen LogP contribution in [0.1, 0.15) is 16.7 Å². The van der Waals surface area contributed by atoms with Crippen molar-refractivity contribution in [3.8, 4) is 16.9 Å². The Morgan fingerprint density at radius 2 is 1.28 bits per heavy atom. The first-order valence-electron chi connectivity index (χ1n) is 17.2. The van der Waals surface area contributed by atoms with Crippen LogP contribution in [0.5, 0.6) is 0 Å². The Labute approximate surface area is 295 Å². The number of aromatic nitrogens is 2. The summed E-state index contributed by atoms with van der Waals surface area (Å²) in [4.78, 5) is 9.79. The molecule has 0 amide bonds. The second-order valence-corrected chi connectivity index (χ2v) is 14.5. The third-order valence-corrected chi connectivity index (χ3v) is 11.5. The molecule has 0 fully saturated rings. The molecule has 0 unspecified atom stereocenters. The van der Waals surface area contributed by atoms with E-state index >= 15 is 0 Å². The molecule has 6 aromatic carbocycles. The highest BCUT2D eigenvalue weighted by Gasteiger charge is 2.30. The molecule has 0 atom stereocenters. The lowest BCUT2D eigenvalue weighted by Crippen LogP contribution is -2.25. The van der Waals surface area contributed by atoms with E-state index in [2.05, 4.69) is 163 Å². The molecule has 0 saturated carbocycles. The minimum atomic E-state index is 0.742. The van der Waals surface area contributed by atoms with E-state index in [-0.39, 0.29) is 0 Å². The molecule has 240 valence electrons. The molecule has 0 radical (unpaired) electrons. The number of hydrogen-bond donors (Lipinski definition) is 0. The Balaban J connectivity index is 1.21. The Morgan fingerprint density at radius 3 is 2.08 bits per heavy atom. The van der Waals surface area contributed by atoms with Gasteiger partial charge >= 0.3 is 0 Å². The van der Waals surface area contributed by atoms with Crippen LogP contribution < -0.4 is 9.80 Å². The topological polar surface area (TPSA) is 24.3 Å². The molecule has 0 spiro atoms. The summed E-state index contributed by atoms with van der Waals surface area (Å²) in [5.74, 6) is 0. The smallest absolute Gasteiger partial charge is 0.100 e. The maximum Gasteiger partial charge on any atom is 0.100 e. The van der Waals surface area contributed by atoms with E-state index in [0.29, 0.717) is 0 Å². The fourth-order valence-electron chi connectivity index (χ4n) is 8.36. The number of hydrogen-bond acceptors (Lipinski definition) is 4. The van der Waals surface area contributed by atoms with Gasteiger partial charge in [0.1, 0.15) is 6.67 Å². The molecule has 4 nitrogen and oxygen atoms in total. The molecule has 10 rings (SSSR count). The minimum Gasteiger partial charge on any atom is -0.321 e. The van der Waals surface area contributed by atoms with Crippen LogP contribution in [0.4, 0.5) is 22.7 Å². The predicted octanol–water partition coefficient (Wildman–Crippen LogP) is 12.4. The lowest BCUT2D eigenvalue weighted by Gasteiger charge is -2.26. The third kappa shape index (κ3) is 4.26. The van der Waals surface area contributed by atoms with Crippen molar-refractivity contribution in [3.05, 3.63) is 156 Å². The standard InChI is InChI=1S/C45H34N4S/c1-28-23-29(2)44(30(3)24-28)48-27-47(38-19-7-8-20-39(38)48)31-13-12-14-32(25-31)49-37-18-6-4-15-33(37)42-40(49)26-35(36-17-10-11-22-46-36)45-43(42)34-16-5-9-21-41(34)50-45/h4-26H,27H2,1-3H3. The summed E-state index contributed by atoms with van der Waals surface area (Å²) < 4.78 is 5.03. The molecule has 0 bridgehead atoms. The van der Waals surface area contributed by atoms with Gasteiger partial charge in [-0.05, 0) is 92.6 Å². The Kier molecular flexibility index (Phi) is 6.42. The summed E-state index contributed by atoms with van der Waals surface area (Å²) in [6, 6.07) is 48.7. The van der Waals surface area contributed by atoms with Crippen LogP contribution in [-0.4, -0.2) is 16.2 Å². The minimum absolute atomic E-state index is 0.742. The number of aryl methyl sites for hydroxylation is 3. The fraction of sp³-hybridized carbons (Fsp3) is 0.0889. The van der Waals surface area contributed by atoms with E-state index in [0.717, 1.165) is 23.7 Å². The average Bonchev–Trinajstić information content (AvgIpc) is 3.81. The zero-order valence-corrected chi connectivity index (χ0v) is 29.0. The second kappa shape index (κ2) is 11.1. The highest BCUT2D eigenvalue weighted by atomic mass is 32.1. The number of pyridine rings is 1. The van der Waals surface area contributed by atoms with E-state index in [4.69, 9.17) is 4.98 Å². The average molecular weight is 663 g/mol. The van der Waals surface area contributed by atoms with Crippen molar-refractivity contribution in [1.82, 2.24) is 9.55 Å². The van der Waals surface area contributed by atoms with E-state index in [9.17, 15) is 0 Å². The van der Waals surface area contributed by atoms with Crippen molar-refractivity contribution in [1.29, 1.82) is 0 Å². The number of anilines is 4. The Morgan fingerprint density at radius 1 is 0.580 bits per heavy atom. The van der Waals surface area contributed by atoms with Crippen LogP contribution in [0.25, 0.3) is 58.9 Å². The van der Waals surface area contributed by atoms with Crippen molar-refractivity contribution in [2.45, 2.75) is 20.8 Å². The summed E-state index contributed by atoms with van der Waals surface area (Å²) in [6.07, 6.45) is 1.90. The summed E-state index contributed by atoms with van der Waals surface area (Å²) in [7, 11) is 0. The van der Waals surface area contributed by atoms with Gasteiger partial charge in [0.05, 0.1) is 28.1 Å². The van der Waals surface area contributed by atoms with Gasteiger partial charge in [-0.1, -0.05) is 78.4 Å². The molecule has 0 aliphatic carbocycles. The molecule has 5 heteroatoms. The van der Waals surface area contributed by atoms with E-state index in [1.807, 2.05) is 23.6 Å². The van der Waals surface area contributed by atoms with Crippen molar-refractivity contribution < 1.29 is 0 Å². The Bertz CT molecular complexity index is 2770.